The molecule has 0 aromatic rings. The lowest BCUT2D eigenvalue weighted by atomic mass is 9.79. The van der Waals surface area contributed by atoms with Gasteiger partial charge in [-0.3, -0.25) is 0 Å². The summed E-state index contributed by atoms with van der Waals surface area (Å²) in [6.07, 6.45) is 29.8. The highest BCUT2D eigenvalue weighted by Gasteiger charge is 2.48. The Morgan fingerprint density at radius 2 is 0.694 bits per heavy atom. The van der Waals surface area contributed by atoms with E-state index >= 15 is 0 Å². The lowest BCUT2D eigenvalue weighted by Crippen LogP contribution is -2.15. The quantitative estimate of drug-likeness (QED) is 0.357. The zero-order chi connectivity index (χ0) is 26.8. The van der Waals surface area contributed by atoms with Crippen molar-refractivity contribution in [3.8, 4) is 0 Å². The Balaban J connectivity index is 0.000000243. The maximum Gasteiger partial charge on any atom is -0.0355 e. The minimum Gasteiger partial charge on any atom is -0.0656 e. The van der Waals surface area contributed by atoms with E-state index in [1.807, 2.05) is 0 Å². The van der Waals surface area contributed by atoms with Crippen molar-refractivity contribution in [2.24, 2.45) is 47.3 Å². The number of rotatable bonds is 4. The molecule has 0 aromatic heterocycles. The van der Waals surface area contributed by atoms with Crippen LogP contribution in [0.3, 0.4) is 0 Å². The topological polar surface area (TPSA) is 0 Å². The van der Waals surface area contributed by atoms with Crippen LogP contribution in [0.25, 0.3) is 0 Å². The predicted molar refractivity (Wildman–Crippen MR) is 166 cm³/mol. The van der Waals surface area contributed by atoms with Gasteiger partial charge in [0, 0.05) is 0 Å². The standard InChI is InChI=1S/C10H16.2C10H20.2C3H8/c1-2-9-7-4-5-8(6-7)10(9)3-1;1-3-9-5-7-10(4-2)8-6-9;1-3-9-6-5-7-10(4-2)8-9;2*1-3-2/h7-10H,1-6H2;2*9-10H,3-8H2,1-2H3;2*3H2,1-2H3. The third-order valence-corrected chi connectivity index (χ3v) is 10.5. The van der Waals surface area contributed by atoms with E-state index in [2.05, 4.69) is 55.4 Å². The summed E-state index contributed by atoms with van der Waals surface area (Å²) >= 11 is 0. The first-order valence-corrected chi connectivity index (χ1v) is 17.5. The van der Waals surface area contributed by atoms with E-state index in [9.17, 15) is 0 Å². The van der Waals surface area contributed by atoms with E-state index in [-0.39, 0.29) is 0 Å². The van der Waals surface area contributed by atoms with Crippen LogP contribution in [0.15, 0.2) is 0 Å². The van der Waals surface area contributed by atoms with E-state index in [4.69, 9.17) is 0 Å². The first-order valence-electron chi connectivity index (χ1n) is 17.5. The van der Waals surface area contributed by atoms with Crippen LogP contribution >= 0.6 is 0 Å². The van der Waals surface area contributed by atoms with E-state index in [1.165, 1.54) is 114 Å². The second-order valence-corrected chi connectivity index (χ2v) is 13.4. The molecule has 6 atom stereocenters. The smallest absolute Gasteiger partial charge is 0.0355 e. The van der Waals surface area contributed by atoms with Gasteiger partial charge in [0.05, 0.1) is 0 Å². The van der Waals surface area contributed by atoms with Gasteiger partial charge in [-0.15, -0.1) is 0 Å². The van der Waals surface area contributed by atoms with Gasteiger partial charge in [-0.1, -0.05) is 145 Å². The minimum absolute atomic E-state index is 1.07. The van der Waals surface area contributed by atoms with Gasteiger partial charge in [-0.2, -0.15) is 0 Å². The SMILES string of the molecule is C1CC2C3CCC(C3)C2C1.CCC.CCC.CCC1CCC(CC)CC1.CCC1CCCC(CC)C1. The Morgan fingerprint density at radius 3 is 1.03 bits per heavy atom. The molecule has 5 saturated carbocycles. The number of hydrogen-bond acceptors (Lipinski definition) is 0. The number of fused-ring (bicyclic) bond motifs is 5. The van der Waals surface area contributed by atoms with Crippen molar-refractivity contribution in [3.05, 3.63) is 0 Å². The monoisotopic (exact) mass is 505 g/mol. The van der Waals surface area contributed by atoms with Gasteiger partial charge in [-0.25, -0.2) is 0 Å². The van der Waals surface area contributed by atoms with Crippen LogP contribution in [0.5, 0.6) is 0 Å². The van der Waals surface area contributed by atoms with Crippen molar-refractivity contribution in [2.75, 3.05) is 0 Å². The summed E-state index contributed by atoms with van der Waals surface area (Å²) in [6.45, 7) is 17.8. The number of hydrogen-bond donors (Lipinski definition) is 0. The summed E-state index contributed by atoms with van der Waals surface area (Å²) in [6, 6.07) is 0. The second-order valence-electron chi connectivity index (χ2n) is 13.4. The molecule has 0 aromatic carbocycles. The maximum atomic E-state index is 2.34. The average molecular weight is 505 g/mol. The Morgan fingerprint density at radius 1 is 0.361 bits per heavy atom. The fraction of sp³-hybridized carbons (Fsp3) is 1.00. The van der Waals surface area contributed by atoms with Crippen LogP contribution in [0.1, 0.15) is 184 Å². The highest BCUT2D eigenvalue weighted by molar-refractivity contribution is 4.98. The van der Waals surface area contributed by atoms with Gasteiger partial charge in [0.15, 0.2) is 0 Å². The van der Waals surface area contributed by atoms with Gasteiger partial charge in [-0.05, 0) is 85.9 Å². The van der Waals surface area contributed by atoms with Crippen LogP contribution in [0, 0.1) is 47.3 Å². The van der Waals surface area contributed by atoms with E-state index in [0.29, 0.717) is 0 Å². The maximum absolute atomic E-state index is 2.34. The molecule has 0 radical (unpaired) electrons. The fourth-order valence-electron chi connectivity index (χ4n) is 8.21. The lowest BCUT2D eigenvalue weighted by molar-refractivity contribution is 0.255. The molecule has 0 saturated heterocycles. The van der Waals surface area contributed by atoms with Crippen molar-refractivity contribution in [1.29, 1.82) is 0 Å². The van der Waals surface area contributed by atoms with Gasteiger partial charge < -0.3 is 0 Å². The summed E-state index contributed by atoms with van der Waals surface area (Å²) in [5.41, 5.74) is 0. The fourth-order valence-corrected chi connectivity index (χ4v) is 8.21. The normalized spacial score (nSPS) is 36.0. The summed E-state index contributed by atoms with van der Waals surface area (Å²) in [7, 11) is 0. The molecular weight excluding hydrogens is 432 g/mol. The molecule has 5 rings (SSSR count). The highest BCUT2D eigenvalue weighted by atomic mass is 14.5. The van der Waals surface area contributed by atoms with Crippen LogP contribution in [-0.2, 0) is 0 Å². The molecule has 0 spiro atoms. The van der Waals surface area contributed by atoms with Crippen molar-refractivity contribution < 1.29 is 0 Å². The van der Waals surface area contributed by atoms with Crippen molar-refractivity contribution in [3.63, 3.8) is 0 Å². The molecule has 216 valence electrons. The molecule has 5 aliphatic carbocycles. The first-order chi connectivity index (χ1) is 17.5. The van der Waals surface area contributed by atoms with Crippen LogP contribution < -0.4 is 0 Å². The third-order valence-electron chi connectivity index (χ3n) is 10.5. The van der Waals surface area contributed by atoms with Crippen molar-refractivity contribution in [1.82, 2.24) is 0 Å². The Hall–Kier alpha value is 0. The van der Waals surface area contributed by atoms with Crippen LogP contribution in [-0.4, -0.2) is 0 Å². The zero-order valence-electron chi connectivity index (χ0n) is 26.8. The van der Waals surface area contributed by atoms with E-state index in [1.54, 1.807) is 38.5 Å². The molecule has 36 heavy (non-hydrogen) atoms. The van der Waals surface area contributed by atoms with Crippen LogP contribution in [0.4, 0.5) is 0 Å². The first kappa shape index (κ1) is 34.0. The molecule has 0 amide bonds. The molecule has 0 nitrogen and oxygen atoms in total. The molecule has 2 bridgehead atoms. The van der Waals surface area contributed by atoms with Crippen molar-refractivity contribution in [2.45, 2.75) is 184 Å². The molecule has 0 heterocycles. The van der Waals surface area contributed by atoms with E-state index in [0.717, 1.165) is 23.7 Å². The third kappa shape index (κ3) is 12.2. The molecule has 0 aliphatic heterocycles. The molecule has 5 fully saturated rings. The molecule has 0 N–H and O–H groups in total. The van der Waals surface area contributed by atoms with Gasteiger partial charge in [0.25, 0.3) is 0 Å². The van der Waals surface area contributed by atoms with Crippen LogP contribution in [0.2, 0.25) is 0 Å². The highest BCUT2D eigenvalue weighted by Crippen LogP contribution is 2.58. The summed E-state index contributed by atoms with van der Waals surface area (Å²) in [5, 5.41) is 0. The van der Waals surface area contributed by atoms with Gasteiger partial charge in [0.2, 0.25) is 0 Å². The largest absolute Gasteiger partial charge is 0.0656 e. The summed E-state index contributed by atoms with van der Waals surface area (Å²) in [5.74, 6) is 9.08. The predicted octanol–water partition coefficient (Wildman–Crippen LogP) is 12.9. The Labute approximate surface area is 231 Å². The van der Waals surface area contributed by atoms with Crippen molar-refractivity contribution >= 4 is 0 Å². The second kappa shape index (κ2) is 20.9. The Kier molecular flexibility index (Phi) is 19.8. The summed E-state index contributed by atoms with van der Waals surface area (Å²) in [4.78, 5) is 0. The Bertz CT molecular complexity index is 432. The minimum atomic E-state index is 1.07. The van der Waals surface area contributed by atoms with E-state index < -0.39 is 0 Å². The lowest BCUT2D eigenvalue weighted by Gasteiger charge is -2.27. The molecular formula is C36H72. The average Bonchev–Trinajstić information content (AvgIpc) is 3.67. The zero-order valence-corrected chi connectivity index (χ0v) is 26.8. The molecule has 6 unspecified atom stereocenters. The van der Waals surface area contributed by atoms with Gasteiger partial charge >= 0.3 is 0 Å². The molecule has 5 aliphatic rings. The van der Waals surface area contributed by atoms with Gasteiger partial charge in [0.1, 0.15) is 0 Å². The summed E-state index contributed by atoms with van der Waals surface area (Å²) < 4.78 is 0. The molecule has 0 heteroatoms.